The fourth-order valence-corrected chi connectivity index (χ4v) is 3.50. The summed E-state index contributed by atoms with van der Waals surface area (Å²) < 4.78 is 5.38. The van der Waals surface area contributed by atoms with Crippen LogP contribution in [0.25, 0.3) is 5.70 Å². The van der Waals surface area contributed by atoms with Crippen LogP contribution >= 0.6 is 11.6 Å². The van der Waals surface area contributed by atoms with Crippen molar-refractivity contribution in [3.63, 3.8) is 0 Å². The third-order valence-corrected chi connectivity index (χ3v) is 5.09. The molecular formula is C23H21ClN2O2. The Morgan fingerprint density at radius 3 is 2.50 bits per heavy atom. The van der Waals surface area contributed by atoms with Crippen LogP contribution in [0.3, 0.4) is 0 Å². The van der Waals surface area contributed by atoms with E-state index in [-0.39, 0.29) is 18.0 Å². The van der Waals surface area contributed by atoms with E-state index < -0.39 is 0 Å². The number of aromatic hydroxyl groups is 1. The van der Waals surface area contributed by atoms with Crippen molar-refractivity contribution in [1.29, 1.82) is 0 Å². The smallest absolute Gasteiger partial charge is 0.120 e. The Hall–Kier alpha value is -2.95. The van der Waals surface area contributed by atoms with Gasteiger partial charge in [-0.25, -0.2) is 0 Å². The molecule has 0 fully saturated rings. The van der Waals surface area contributed by atoms with Gasteiger partial charge < -0.3 is 15.2 Å². The number of hydrogen-bond donors (Lipinski definition) is 3. The Morgan fingerprint density at radius 1 is 0.964 bits per heavy atom. The van der Waals surface area contributed by atoms with Crippen LogP contribution in [-0.2, 0) is 0 Å². The van der Waals surface area contributed by atoms with Crippen molar-refractivity contribution in [2.75, 3.05) is 7.11 Å². The Kier molecular flexibility index (Phi) is 5.24. The average molecular weight is 393 g/mol. The lowest BCUT2D eigenvalue weighted by Crippen LogP contribution is -2.39. The summed E-state index contributed by atoms with van der Waals surface area (Å²) in [6, 6.07) is 22.9. The molecule has 1 aliphatic rings. The molecule has 3 N–H and O–H groups in total. The zero-order valence-electron chi connectivity index (χ0n) is 15.4. The van der Waals surface area contributed by atoms with Gasteiger partial charge in [-0.2, -0.15) is 0 Å². The molecular weight excluding hydrogens is 372 g/mol. The van der Waals surface area contributed by atoms with Gasteiger partial charge >= 0.3 is 0 Å². The van der Waals surface area contributed by atoms with E-state index in [1.54, 1.807) is 13.2 Å². The lowest BCUT2D eigenvalue weighted by Gasteiger charge is -2.33. The molecule has 1 heterocycles. The van der Waals surface area contributed by atoms with Crippen LogP contribution in [0.1, 0.15) is 28.9 Å². The molecule has 2 atom stereocenters. The summed E-state index contributed by atoms with van der Waals surface area (Å²) in [6.07, 6.45) is 1.93. The van der Waals surface area contributed by atoms with Crippen molar-refractivity contribution >= 4 is 17.3 Å². The summed E-state index contributed by atoms with van der Waals surface area (Å²) in [7, 11) is 1.66. The van der Waals surface area contributed by atoms with Crippen LogP contribution in [0.4, 0.5) is 0 Å². The van der Waals surface area contributed by atoms with E-state index >= 15 is 0 Å². The van der Waals surface area contributed by atoms with Crippen molar-refractivity contribution in [2.45, 2.75) is 12.2 Å². The number of hydrogen-bond acceptors (Lipinski definition) is 4. The van der Waals surface area contributed by atoms with Gasteiger partial charge in [0, 0.05) is 21.8 Å². The van der Waals surface area contributed by atoms with Crippen molar-refractivity contribution in [1.82, 2.24) is 10.6 Å². The quantitative estimate of drug-likeness (QED) is 0.583. The summed E-state index contributed by atoms with van der Waals surface area (Å²) >= 11 is 6.05. The molecule has 1 aliphatic heterocycles. The van der Waals surface area contributed by atoms with Gasteiger partial charge in [0.05, 0.1) is 13.2 Å². The third kappa shape index (κ3) is 3.84. The fourth-order valence-electron chi connectivity index (χ4n) is 3.37. The van der Waals surface area contributed by atoms with Gasteiger partial charge in [-0.15, -0.1) is 0 Å². The van der Waals surface area contributed by atoms with Gasteiger partial charge in [-0.3, -0.25) is 5.32 Å². The molecule has 3 aromatic carbocycles. The second-order valence-electron chi connectivity index (χ2n) is 6.64. The summed E-state index contributed by atoms with van der Waals surface area (Å²) in [5, 5.41) is 18.2. The first-order valence-electron chi connectivity index (χ1n) is 9.06. The molecule has 0 saturated heterocycles. The SMILES string of the molecule is COc1cccc(C2=CC(c3ccccc3O)NC(c3ccc(Cl)cc3)N2)c1. The molecule has 2 unspecified atom stereocenters. The highest BCUT2D eigenvalue weighted by Crippen LogP contribution is 2.33. The molecule has 28 heavy (non-hydrogen) atoms. The van der Waals surface area contributed by atoms with Gasteiger partial charge in [0.15, 0.2) is 0 Å². The Morgan fingerprint density at radius 2 is 1.75 bits per heavy atom. The van der Waals surface area contributed by atoms with Crippen LogP contribution in [0.2, 0.25) is 5.02 Å². The largest absolute Gasteiger partial charge is 0.508 e. The van der Waals surface area contributed by atoms with E-state index in [2.05, 4.69) is 16.7 Å². The normalized spacial score (nSPS) is 18.9. The summed E-state index contributed by atoms with van der Waals surface area (Å²) in [5.74, 6) is 1.05. The molecule has 3 aromatic rings. The van der Waals surface area contributed by atoms with Gasteiger partial charge in [0.1, 0.15) is 17.7 Å². The molecule has 0 amide bonds. The Balaban J connectivity index is 1.76. The first kappa shape index (κ1) is 18.4. The molecule has 0 aliphatic carbocycles. The van der Waals surface area contributed by atoms with Crippen LogP contribution in [0.15, 0.2) is 78.9 Å². The number of rotatable bonds is 4. The van der Waals surface area contributed by atoms with Crippen molar-refractivity contribution in [2.24, 2.45) is 0 Å². The first-order valence-corrected chi connectivity index (χ1v) is 9.44. The van der Waals surface area contributed by atoms with Crippen LogP contribution in [0.5, 0.6) is 11.5 Å². The number of phenols is 1. The molecule has 0 radical (unpaired) electrons. The third-order valence-electron chi connectivity index (χ3n) is 4.84. The fraction of sp³-hybridized carbons (Fsp3) is 0.130. The number of methoxy groups -OCH3 is 1. The summed E-state index contributed by atoms with van der Waals surface area (Å²) in [4.78, 5) is 0. The minimum atomic E-state index is -0.163. The molecule has 0 spiro atoms. The van der Waals surface area contributed by atoms with Crippen LogP contribution in [-0.4, -0.2) is 12.2 Å². The van der Waals surface area contributed by atoms with Crippen molar-refractivity contribution in [3.05, 3.63) is 101 Å². The number of phenolic OH excluding ortho intramolecular Hbond substituents is 1. The van der Waals surface area contributed by atoms with E-state index in [0.29, 0.717) is 5.02 Å². The Bertz CT molecular complexity index is 1000. The van der Waals surface area contributed by atoms with Crippen LogP contribution < -0.4 is 15.4 Å². The van der Waals surface area contributed by atoms with E-state index in [1.165, 1.54) is 0 Å². The first-order chi connectivity index (χ1) is 13.6. The summed E-state index contributed by atoms with van der Waals surface area (Å²) in [6.45, 7) is 0. The van der Waals surface area contributed by atoms with Gasteiger partial charge in [-0.1, -0.05) is 54.1 Å². The highest BCUT2D eigenvalue weighted by Gasteiger charge is 2.25. The second kappa shape index (κ2) is 7.97. The maximum absolute atomic E-state index is 10.4. The molecule has 142 valence electrons. The number of nitrogens with one attached hydrogen (secondary N) is 2. The van der Waals surface area contributed by atoms with Gasteiger partial charge in [-0.05, 0) is 42.0 Å². The predicted octanol–water partition coefficient (Wildman–Crippen LogP) is 5.03. The highest BCUT2D eigenvalue weighted by molar-refractivity contribution is 6.30. The molecule has 0 saturated carbocycles. The predicted molar refractivity (Wildman–Crippen MR) is 112 cm³/mol. The number of para-hydroxylation sites is 1. The Labute approximate surface area is 169 Å². The molecule has 0 bridgehead atoms. The standard InChI is InChI=1S/C23H21ClN2O2/c1-28-18-6-4-5-16(13-18)20-14-21(19-7-2-3-8-22(19)27)26-23(25-20)15-9-11-17(24)12-10-15/h2-14,21,23,25-27H,1H3. The van der Waals surface area contributed by atoms with E-state index in [4.69, 9.17) is 16.3 Å². The lowest BCUT2D eigenvalue weighted by molar-refractivity contribution is 0.413. The topological polar surface area (TPSA) is 53.5 Å². The minimum absolute atomic E-state index is 0.145. The van der Waals surface area contributed by atoms with Gasteiger partial charge in [0.25, 0.3) is 0 Å². The van der Waals surface area contributed by atoms with Gasteiger partial charge in [0.2, 0.25) is 0 Å². The minimum Gasteiger partial charge on any atom is -0.508 e. The molecule has 4 rings (SSSR count). The monoisotopic (exact) mass is 392 g/mol. The molecule has 4 nitrogen and oxygen atoms in total. The zero-order valence-corrected chi connectivity index (χ0v) is 16.1. The second-order valence-corrected chi connectivity index (χ2v) is 7.08. The molecule has 0 aromatic heterocycles. The molecule has 5 heteroatoms. The highest BCUT2D eigenvalue weighted by atomic mass is 35.5. The number of benzene rings is 3. The van der Waals surface area contributed by atoms with Crippen LogP contribution in [0, 0.1) is 0 Å². The lowest BCUT2D eigenvalue weighted by atomic mass is 9.98. The maximum Gasteiger partial charge on any atom is 0.120 e. The van der Waals surface area contributed by atoms with E-state index in [1.807, 2.05) is 66.7 Å². The van der Waals surface area contributed by atoms with Crippen molar-refractivity contribution < 1.29 is 9.84 Å². The summed E-state index contributed by atoms with van der Waals surface area (Å²) in [5.41, 5.74) is 3.85. The van der Waals surface area contributed by atoms with E-state index in [0.717, 1.165) is 28.1 Å². The number of ether oxygens (including phenoxy) is 1. The van der Waals surface area contributed by atoms with Crippen molar-refractivity contribution in [3.8, 4) is 11.5 Å². The zero-order chi connectivity index (χ0) is 19.5. The maximum atomic E-state index is 10.4. The average Bonchev–Trinajstić information content (AvgIpc) is 2.74. The number of halogens is 1. The van der Waals surface area contributed by atoms with E-state index in [9.17, 15) is 5.11 Å².